The maximum Gasteiger partial charge on any atom is 0.408 e. The van der Waals surface area contributed by atoms with Crippen molar-refractivity contribution in [1.29, 1.82) is 0 Å². The fourth-order valence-electron chi connectivity index (χ4n) is 2.18. The maximum absolute atomic E-state index is 11.8. The van der Waals surface area contributed by atoms with Gasteiger partial charge in [-0.1, -0.05) is 69.4 Å². The largest absolute Gasteiger partial charge is 0.464 e. The van der Waals surface area contributed by atoms with E-state index in [-0.39, 0.29) is 6.61 Å². The second-order valence-electron chi connectivity index (χ2n) is 5.86. The van der Waals surface area contributed by atoms with Gasteiger partial charge < -0.3 is 14.8 Å². The highest BCUT2D eigenvalue weighted by Gasteiger charge is 2.17. The first-order chi connectivity index (χ1) is 11.6. The Morgan fingerprint density at radius 1 is 1.00 bits per heavy atom. The highest BCUT2D eigenvalue weighted by molar-refractivity contribution is 5.80. The van der Waals surface area contributed by atoms with Crippen LogP contribution in [0.3, 0.4) is 0 Å². The molecule has 0 fully saturated rings. The topological polar surface area (TPSA) is 64.6 Å². The summed E-state index contributed by atoms with van der Waals surface area (Å²) in [5, 5.41) is 2.48. The van der Waals surface area contributed by atoms with E-state index in [0.29, 0.717) is 6.61 Å². The van der Waals surface area contributed by atoms with Crippen molar-refractivity contribution in [1.82, 2.24) is 5.32 Å². The normalized spacial score (nSPS) is 11.6. The first kappa shape index (κ1) is 20.0. The van der Waals surface area contributed by atoms with Crippen LogP contribution in [0.5, 0.6) is 0 Å². The van der Waals surface area contributed by atoms with E-state index < -0.39 is 18.1 Å². The summed E-state index contributed by atoms with van der Waals surface area (Å²) in [7, 11) is 0. The smallest absolute Gasteiger partial charge is 0.408 e. The Morgan fingerprint density at radius 2 is 1.67 bits per heavy atom. The lowest BCUT2D eigenvalue weighted by Crippen LogP contribution is -2.39. The predicted molar refractivity (Wildman–Crippen MR) is 93.6 cm³/mol. The number of alkyl carbamates (subject to hydrolysis) is 1. The number of nitrogens with one attached hydrogen (secondary N) is 1. The molecular formula is C19H29NO4. The molecule has 0 aliphatic rings. The van der Waals surface area contributed by atoms with Crippen LogP contribution in [-0.2, 0) is 20.9 Å². The van der Waals surface area contributed by atoms with E-state index in [1.807, 2.05) is 30.3 Å². The lowest BCUT2D eigenvalue weighted by atomic mass is 10.1. The van der Waals surface area contributed by atoms with Gasteiger partial charge in [0.05, 0.1) is 6.61 Å². The fourth-order valence-corrected chi connectivity index (χ4v) is 2.18. The summed E-state index contributed by atoms with van der Waals surface area (Å²) in [6.07, 6.45) is 6.18. The number of benzene rings is 1. The van der Waals surface area contributed by atoms with Crippen molar-refractivity contribution in [3.8, 4) is 0 Å². The molecule has 0 radical (unpaired) electrons. The van der Waals surface area contributed by atoms with Gasteiger partial charge in [-0.3, -0.25) is 0 Å². The third-order valence-electron chi connectivity index (χ3n) is 3.64. The van der Waals surface area contributed by atoms with E-state index in [0.717, 1.165) is 18.4 Å². The predicted octanol–water partition coefficient (Wildman–Crippen LogP) is 4.21. The van der Waals surface area contributed by atoms with Crippen LogP contribution < -0.4 is 5.32 Å². The van der Waals surface area contributed by atoms with Gasteiger partial charge in [-0.25, -0.2) is 9.59 Å². The van der Waals surface area contributed by atoms with Gasteiger partial charge in [0.25, 0.3) is 0 Å². The Bertz CT molecular complexity index is 476. The Kier molecular flexibility index (Phi) is 10.3. The maximum atomic E-state index is 11.8. The molecule has 0 aliphatic carbocycles. The van der Waals surface area contributed by atoms with Gasteiger partial charge in [0.2, 0.25) is 0 Å². The summed E-state index contributed by atoms with van der Waals surface area (Å²) in [6.45, 7) is 4.34. The molecule has 134 valence electrons. The highest BCUT2D eigenvalue weighted by Crippen LogP contribution is 2.05. The van der Waals surface area contributed by atoms with Crippen LogP contribution in [0.1, 0.15) is 57.9 Å². The lowest BCUT2D eigenvalue weighted by molar-refractivity contribution is -0.145. The molecule has 0 unspecified atom stereocenters. The van der Waals surface area contributed by atoms with Crippen molar-refractivity contribution in [2.75, 3.05) is 6.61 Å². The van der Waals surface area contributed by atoms with Gasteiger partial charge in [-0.2, -0.15) is 0 Å². The molecule has 0 heterocycles. The van der Waals surface area contributed by atoms with E-state index in [4.69, 9.17) is 9.47 Å². The molecule has 0 spiro atoms. The van der Waals surface area contributed by atoms with Crippen LogP contribution in [0.4, 0.5) is 4.79 Å². The van der Waals surface area contributed by atoms with Crippen LogP contribution in [0.25, 0.3) is 0 Å². The van der Waals surface area contributed by atoms with E-state index in [2.05, 4.69) is 12.2 Å². The van der Waals surface area contributed by atoms with E-state index >= 15 is 0 Å². The molecule has 24 heavy (non-hydrogen) atoms. The van der Waals surface area contributed by atoms with Gasteiger partial charge in [-0.05, 0) is 18.9 Å². The van der Waals surface area contributed by atoms with Crippen LogP contribution in [0.15, 0.2) is 30.3 Å². The van der Waals surface area contributed by atoms with Crippen LogP contribution >= 0.6 is 0 Å². The summed E-state index contributed by atoms with van der Waals surface area (Å²) >= 11 is 0. The molecule has 0 bridgehead atoms. The minimum Gasteiger partial charge on any atom is -0.464 e. The number of hydrogen-bond donors (Lipinski definition) is 1. The number of unbranched alkanes of at least 4 members (excludes halogenated alkanes) is 5. The number of esters is 1. The zero-order valence-electron chi connectivity index (χ0n) is 14.8. The molecule has 1 aromatic rings. The van der Waals surface area contributed by atoms with Gasteiger partial charge in [0.15, 0.2) is 0 Å². The molecular weight excluding hydrogens is 306 g/mol. The van der Waals surface area contributed by atoms with Gasteiger partial charge >= 0.3 is 12.1 Å². The van der Waals surface area contributed by atoms with Gasteiger partial charge in [0, 0.05) is 0 Å². The van der Waals surface area contributed by atoms with E-state index in [1.54, 1.807) is 6.92 Å². The summed E-state index contributed by atoms with van der Waals surface area (Å²) in [4.78, 5) is 23.5. The second kappa shape index (κ2) is 12.4. The zero-order valence-corrected chi connectivity index (χ0v) is 14.8. The Labute approximate surface area is 144 Å². The zero-order chi connectivity index (χ0) is 17.6. The summed E-state index contributed by atoms with van der Waals surface area (Å²) in [5.41, 5.74) is 0.894. The van der Waals surface area contributed by atoms with Crippen molar-refractivity contribution in [2.45, 2.75) is 65.0 Å². The third kappa shape index (κ3) is 9.18. The molecule has 5 nitrogen and oxygen atoms in total. The monoisotopic (exact) mass is 335 g/mol. The summed E-state index contributed by atoms with van der Waals surface area (Å²) in [5.74, 6) is -0.430. The Morgan fingerprint density at radius 3 is 2.38 bits per heavy atom. The number of amides is 1. The molecule has 1 amide bonds. The van der Waals surface area contributed by atoms with Crippen molar-refractivity contribution < 1.29 is 19.1 Å². The summed E-state index contributed by atoms with van der Waals surface area (Å²) < 4.78 is 10.2. The Hall–Kier alpha value is -2.04. The average molecular weight is 335 g/mol. The minimum atomic E-state index is -0.714. The first-order valence-electron chi connectivity index (χ1n) is 8.77. The SMILES string of the molecule is CCCCCCCCOC(=O)[C@H](C)NC(=O)OCc1ccccc1. The van der Waals surface area contributed by atoms with Crippen molar-refractivity contribution in [3.63, 3.8) is 0 Å². The first-order valence-corrected chi connectivity index (χ1v) is 8.77. The molecule has 0 saturated carbocycles. The average Bonchev–Trinajstić information content (AvgIpc) is 2.60. The number of carbonyl (C=O) groups is 2. The summed E-state index contributed by atoms with van der Waals surface area (Å²) in [6, 6.07) is 8.66. The number of rotatable bonds is 11. The molecule has 0 aromatic heterocycles. The van der Waals surface area contributed by atoms with Crippen molar-refractivity contribution >= 4 is 12.1 Å². The second-order valence-corrected chi connectivity index (χ2v) is 5.86. The van der Waals surface area contributed by atoms with Crippen molar-refractivity contribution in [3.05, 3.63) is 35.9 Å². The van der Waals surface area contributed by atoms with E-state index in [1.165, 1.54) is 25.7 Å². The molecule has 1 rings (SSSR count). The standard InChI is InChI=1S/C19H29NO4/c1-3-4-5-6-7-11-14-23-18(21)16(2)20-19(22)24-15-17-12-9-8-10-13-17/h8-10,12-13,16H,3-7,11,14-15H2,1-2H3,(H,20,22)/t16-/m0/s1. The molecule has 1 N–H and O–H groups in total. The minimum absolute atomic E-state index is 0.173. The quantitative estimate of drug-likeness (QED) is 0.486. The molecule has 1 atom stereocenters. The van der Waals surface area contributed by atoms with Crippen LogP contribution in [0, 0.1) is 0 Å². The Balaban J connectivity index is 2.11. The highest BCUT2D eigenvalue weighted by atomic mass is 16.6. The van der Waals surface area contributed by atoms with Crippen LogP contribution in [-0.4, -0.2) is 24.7 Å². The van der Waals surface area contributed by atoms with Crippen LogP contribution in [0.2, 0.25) is 0 Å². The lowest BCUT2D eigenvalue weighted by Gasteiger charge is -2.13. The van der Waals surface area contributed by atoms with Gasteiger partial charge in [-0.15, -0.1) is 0 Å². The van der Waals surface area contributed by atoms with Gasteiger partial charge in [0.1, 0.15) is 12.6 Å². The molecule has 5 heteroatoms. The molecule has 1 aromatic carbocycles. The third-order valence-corrected chi connectivity index (χ3v) is 3.64. The van der Waals surface area contributed by atoms with E-state index in [9.17, 15) is 9.59 Å². The number of ether oxygens (including phenoxy) is 2. The fraction of sp³-hybridized carbons (Fsp3) is 0.579. The number of hydrogen-bond acceptors (Lipinski definition) is 4. The molecule has 0 aliphatic heterocycles. The molecule has 0 saturated heterocycles. The number of carbonyl (C=O) groups excluding carboxylic acids is 2. The van der Waals surface area contributed by atoms with Crippen molar-refractivity contribution in [2.24, 2.45) is 0 Å².